The molecule has 0 aromatic heterocycles. The summed E-state index contributed by atoms with van der Waals surface area (Å²) in [4.78, 5) is 0.295. The Labute approximate surface area is 307 Å². The number of aliphatic hydroxyl groups is 1. The summed E-state index contributed by atoms with van der Waals surface area (Å²) in [5, 5.41) is 9.88. The molecule has 4 rings (SSSR count). The average molecular weight is 755 g/mol. The van der Waals surface area contributed by atoms with Gasteiger partial charge in [-0.15, -0.1) is 0 Å². The first-order valence-electron chi connectivity index (χ1n) is 17.7. The van der Waals surface area contributed by atoms with E-state index in [0.717, 1.165) is 47.7 Å². The van der Waals surface area contributed by atoms with E-state index in [0.29, 0.717) is 12.8 Å². The van der Waals surface area contributed by atoms with Crippen LogP contribution in [-0.4, -0.2) is 55.7 Å². The minimum Gasteiger partial charge on any atom is -0.412 e. The van der Waals surface area contributed by atoms with Crippen molar-refractivity contribution in [3.63, 3.8) is 0 Å². The zero-order valence-corrected chi connectivity index (χ0v) is 33.2. The van der Waals surface area contributed by atoms with Gasteiger partial charge >= 0.3 is 0 Å². The van der Waals surface area contributed by atoms with Gasteiger partial charge in [-0.05, 0) is 93.1 Å². The number of hydrogen-bond acceptors (Lipinski definition) is 8. The standard InChI is InChI=1S/C23H34O4SSi.C17H20O4S/c1-5-29(6-2,7-3)27-22(16-15-21-11-9-8-10-12-21)19-26-28(24,25)23-17-13-20(4)14-18-23;1-14-7-11-17(12-8-14)22(19,20)21-13-16(18)10-9-15-5-3-2-4-6-15/h8-14,17-18,22H,5-7,15-16,19H2,1-4H3;2-8,11-12,16,18H,9-10,13H2,1H3/t22-;16-/m00/s1. The molecule has 4 aromatic carbocycles. The smallest absolute Gasteiger partial charge is 0.297 e. The Bertz CT molecular complexity index is 1770. The monoisotopic (exact) mass is 754 g/mol. The molecule has 51 heavy (non-hydrogen) atoms. The van der Waals surface area contributed by atoms with Gasteiger partial charge in [0, 0.05) is 0 Å². The minimum absolute atomic E-state index is 0.0534. The quantitative estimate of drug-likeness (QED) is 0.0750. The molecule has 0 fully saturated rings. The van der Waals surface area contributed by atoms with Crippen LogP contribution < -0.4 is 0 Å². The highest BCUT2D eigenvalue weighted by atomic mass is 32.2. The molecule has 1 N–H and O–H groups in total. The van der Waals surface area contributed by atoms with Gasteiger partial charge in [-0.3, -0.25) is 8.37 Å². The SMILES string of the molecule is CC[Si](CC)(CC)O[C@@H](CCc1ccccc1)COS(=O)(=O)c1ccc(C)cc1.Cc1ccc(S(=O)(=O)OC[C@@H](O)CCc2ccccc2)cc1. The van der Waals surface area contributed by atoms with E-state index in [1.54, 1.807) is 36.4 Å². The number of aliphatic hydroxyl groups excluding tert-OH is 1. The fraction of sp³-hybridized carbons (Fsp3) is 0.400. The van der Waals surface area contributed by atoms with Crippen LogP contribution >= 0.6 is 0 Å². The Morgan fingerprint density at radius 3 is 1.37 bits per heavy atom. The second-order valence-electron chi connectivity index (χ2n) is 12.8. The minimum atomic E-state index is -3.82. The topological polar surface area (TPSA) is 116 Å². The molecule has 0 unspecified atom stereocenters. The average Bonchev–Trinajstić information content (AvgIpc) is 3.14. The van der Waals surface area contributed by atoms with E-state index in [1.165, 1.54) is 17.7 Å². The second-order valence-corrected chi connectivity index (χ2v) is 20.7. The highest BCUT2D eigenvalue weighted by molar-refractivity contribution is 7.87. The summed E-state index contributed by atoms with van der Waals surface area (Å²) >= 11 is 0. The number of aryl methyl sites for hydroxylation is 4. The van der Waals surface area contributed by atoms with Crippen molar-refractivity contribution in [1.29, 1.82) is 0 Å². The van der Waals surface area contributed by atoms with E-state index in [2.05, 4.69) is 32.9 Å². The lowest BCUT2D eigenvalue weighted by molar-refractivity contribution is 0.103. The van der Waals surface area contributed by atoms with Crippen molar-refractivity contribution in [2.75, 3.05) is 13.2 Å². The highest BCUT2D eigenvalue weighted by Crippen LogP contribution is 2.26. The van der Waals surface area contributed by atoms with E-state index < -0.39 is 34.7 Å². The van der Waals surface area contributed by atoms with Crippen LogP contribution in [0, 0.1) is 13.8 Å². The fourth-order valence-electron chi connectivity index (χ4n) is 5.44. The molecule has 0 aliphatic heterocycles. The largest absolute Gasteiger partial charge is 0.412 e. The fourth-order valence-corrected chi connectivity index (χ4v) is 10.2. The van der Waals surface area contributed by atoms with E-state index >= 15 is 0 Å². The molecule has 0 radical (unpaired) electrons. The summed E-state index contributed by atoms with van der Waals surface area (Å²) in [6.07, 6.45) is 1.65. The number of benzene rings is 4. The summed E-state index contributed by atoms with van der Waals surface area (Å²) in [7, 11) is -9.49. The zero-order chi connectivity index (χ0) is 37.3. The molecule has 0 amide bonds. The molecule has 0 saturated heterocycles. The second kappa shape index (κ2) is 20.8. The first kappa shape index (κ1) is 42.3. The van der Waals surface area contributed by atoms with Gasteiger partial charge in [0.15, 0.2) is 8.32 Å². The Balaban J connectivity index is 0.000000286. The Morgan fingerprint density at radius 1 is 0.569 bits per heavy atom. The van der Waals surface area contributed by atoms with Crippen molar-refractivity contribution in [2.45, 2.75) is 100 Å². The zero-order valence-electron chi connectivity index (χ0n) is 30.5. The summed E-state index contributed by atoms with van der Waals surface area (Å²) in [5.74, 6) is 0. The molecule has 2 atom stereocenters. The lowest BCUT2D eigenvalue weighted by Gasteiger charge is -2.33. The Morgan fingerprint density at radius 2 is 0.961 bits per heavy atom. The van der Waals surface area contributed by atoms with Crippen LogP contribution in [0.25, 0.3) is 0 Å². The third kappa shape index (κ3) is 14.4. The summed E-state index contributed by atoms with van der Waals surface area (Å²) in [6.45, 7) is 10.2. The van der Waals surface area contributed by atoms with Crippen molar-refractivity contribution in [3.8, 4) is 0 Å². The highest BCUT2D eigenvalue weighted by Gasteiger charge is 2.33. The van der Waals surface area contributed by atoms with E-state index in [-0.39, 0.29) is 29.1 Å². The van der Waals surface area contributed by atoms with Gasteiger partial charge in [0.25, 0.3) is 20.2 Å². The summed E-state index contributed by atoms with van der Waals surface area (Å²) in [5.41, 5.74) is 4.31. The maximum absolute atomic E-state index is 12.6. The van der Waals surface area contributed by atoms with Crippen LogP contribution in [0.15, 0.2) is 119 Å². The summed E-state index contributed by atoms with van der Waals surface area (Å²) in [6, 6.07) is 36.2. The van der Waals surface area contributed by atoms with Crippen LogP contribution in [0.2, 0.25) is 18.1 Å². The Hall–Kier alpha value is -3.16. The van der Waals surface area contributed by atoms with Gasteiger partial charge in [-0.2, -0.15) is 16.8 Å². The molecular formula is C40H54O8S2Si. The molecule has 11 heteroatoms. The molecule has 278 valence electrons. The van der Waals surface area contributed by atoms with Crippen LogP contribution in [0.5, 0.6) is 0 Å². The van der Waals surface area contributed by atoms with Crippen LogP contribution in [0.3, 0.4) is 0 Å². The molecule has 8 nitrogen and oxygen atoms in total. The Kier molecular flexibility index (Phi) is 17.2. The van der Waals surface area contributed by atoms with Crippen LogP contribution in [0.1, 0.15) is 55.9 Å². The van der Waals surface area contributed by atoms with Gasteiger partial charge in [0.2, 0.25) is 0 Å². The molecule has 0 spiro atoms. The molecule has 4 aromatic rings. The van der Waals surface area contributed by atoms with Crippen molar-refractivity contribution in [1.82, 2.24) is 0 Å². The molecule has 0 saturated carbocycles. The van der Waals surface area contributed by atoms with Gasteiger partial charge in [-0.1, -0.05) is 117 Å². The third-order valence-corrected chi connectivity index (χ3v) is 16.3. The normalized spacial score (nSPS) is 13.2. The van der Waals surface area contributed by atoms with Gasteiger partial charge in [0.05, 0.1) is 35.2 Å². The van der Waals surface area contributed by atoms with Crippen molar-refractivity contribution < 1.29 is 34.7 Å². The first-order chi connectivity index (χ1) is 24.3. The maximum Gasteiger partial charge on any atom is 0.297 e. The van der Waals surface area contributed by atoms with E-state index in [1.807, 2.05) is 62.4 Å². The number of rotatable bonds is 19. The molecule has 0 aliphatic rings. The van der Waals surface area contributed by atoms with Gasteiger partial charge in [0.1, 0.15) is 0 Å². The maximum atomic E-state index is 12.6. The number of hydrogen-bond donors (Lipinski definition) is 1. The summed E-state index contributed by atoms with van der Waals surface area (Å²) < 4.78 is 66.2. The van der Waals surface area contributed by atoms with Gasteiger partial charge in [-0.25, -0.2) is 0 Å². The van der Waals surface area contributed by atoms with Crippen molar-refractivity contribution in [2.24, 2.45) is 0 Å². The molecule has 0 heterocycles. The van der Waals surface area contributed by atoms with Crippen molar-refractivity contribution >= 4 is 28.6 Å². The van der Waals surface area contributed by atoms with E-state index in [9.17, 15) is 21.9 Å². The third-order valence-electron chi connectivity index (χ3n) is 9.00. The molecular weight excluding hydrogens is 701 g/mol. The van der Waals surface area contributed by atoms with Gasteiger partial charge < -0.3 is 9.53 Å². The first-order valence-corrected chi connectivity index (χ1v) is 23.0. The molecule has 0 bridgehead atoms. The van der Waals surface area contributed by atoms with Crippen LogP contribution in [0.4, 0.5) is 0 Å². The van der Waals surface area contributed by atoms with Crippen molar-refractivity contribution in [3.05, 3.63) is 131 Å². The van der Waals surface area contributed by atoms with E-state index in [4.69, 9.17) is 12.8 Å². The lowest BCUT2D eigenvalue weighted by Crippen LogP contribution is -2.42. The van der Waals surface area contributed by atoms with Crippen LogP contribution in [-0.2, 0) is 45.9 Å². The lowest BCUT2D eigenvalue weighted by atomic mass is 10.1. The molecule has 0 aliphatic carbocycles. The predicted molar refractivity (Wildman–Crippen MR) is 206 cm³/mol. The predicted octanol–water partition coefficient (Wildman–Crippen LogP) is 8.42.